The van der Waals surface area contributed by atoms with Gasteiger partial charge in [-0.3, -0.25) is 9.59 Å². The minimum Gasteiger partial charge on any atom is -0.492 e. The summed E-state index contributed by atoms with van der Waals surface area (Å²) in [7, 11) is 1.71. The predicted octanol–water partition coefficient (Wildman–Crippen LogP) is 1.72. The maximum Gasteiger partial charge on any atom is 0.277 e. The first-order valence-electron chi connectivity index (χ1n) is 8.39. The van der Waals surface area contributed by atoms with E-state index in [1.54, 1.807) is 36.2 Å². The number of likely N-dealkylation sites (N-methyl/N-ethyl adjacent to an activating group) is 1. The third-order valence-corrected chi connectivity index (χ3v) is 4.03. The second-order valence-corrected chi connectivity index (χ2v) is 5.86. The molecule has 0 bridgehead atoms. The highest BCUT2D eigenvalue weighted by Crippen LogP contribution is 2.08. The number of para-hydroxylation sites is 1. The molecule has 0 unspecified atom stereocenters. The average Bonchev–Trinajstić information content (AvgIpc) is 2.68. The molecule has 1 amide bonds. The van der Waals surface area contributed by atoms with Crippen LogP contribution in [0.1, 0.15) is 6.42 Å². The molecule has 0 aliphatic rings. The van der Waals surface area contributed by atoms with E-state index in [0.29, 0.717) is 24.1 Å². The Hall–Kier alpha value is -3.22. The van der Waals surface area contributed by atoms with Gasteiger partial charge in [-0.2, -0.15) is 0 Å². The van der Waals surface area contributed by atoms with Crippen LogP contribution in [0, 0.1) is 0 Å². The van der Waals surface area contributed by atoms with Gasteiger partial charge >= 0.3 is 0 Å². The van der Waals surface area contributed by atoms with Gasteiger partial charge < -0.3 is 9.64 Å². The molecule has 26 heavy (non-hydrogen) atoms. The number of amides is 1. The monoisotopic (exact) mass is 352 g/mol. The van der Waals surface area contributed by atoms with E-state index >= 15 is 0 Å². The summed E-state index contributed by atoms with van der Waals surface area (Å²) in [6, 6.07) is 16.5. The SMILES string of the molecule is CN(CCOc1ccccc1)C(=O)CCn1nnc2ccccc2c1=O. The van der Waals surface area contributed by atoms with E-state index in [1.165, 1.54) is 4.68 Å². The van der Waals surface area contributed by atoms with Crippen LogP contribution in [0.25, 0.3) is 10.9 Å². The predicted molar refractivity (Wildman–Crippen MR) is 98.0 cm³/mol. The third-order valence-electron chi connectivity index (χ3n) is 4.03. The van der Waals surface area contributed by atoms with E-state index in [1.807, 2.05) is 30.3 Å². The Labute approximate surface area is 150 Å². The average molecular weight is 352 g/mol. The third kappa shape index (κ3) is 4.24. The zero-order valence-corrected chi connectivity index (χ0v) is 14.5. The number of rotatable bonds is 7. The number of fused-ring (bicyclic) bond motifs is 1. The molecule has 0 saturated carbocycles. The molecule has 0 atom stereocenters. The molecule has 0 aliphatic carbocycles. The van der Waals surface area contributed by atoms with Gasteiger partial charge in [0.2, 0.25) is 5.91 Å². The number of nitrogens with zero attached hydrogens (tertiary/aromatic N) is 4. The Kier molecular flexibility index (Phi) is 5.58. The second-order valence-electron chi connectivity index (χ2n) is 5.86. The zero-order chi connectivity index (χ0) is 18.4. The van der Waals surface area contributed by atoms with Crippen LogP contribution < -0.4 is 10.3 Å². The normalized spacial score (nSPS) is 10.7. The van der Waals surface area contributed by atoms with Crippen molar-refractivity contribution in [2.24, 2.45) is 0 Å². The lowest BCUT2D eigenvalue weighted by atomic mass is 10.2. The first-order chi connectivity index (χ1) is 12.6. The van der Waals surface area contributed by atoms with Gasteiger partial charge in [0, 0.05) is 13.5 Å². The highest BCUT2D eigenvalue weighted by molar-refractivity contribution is 5.77. The molecule has 2 aromatic carbocycles. The van der Waals surface area contributed by atoms with Gasteiger partial charge in [0.1, 0.15) is 17.9 Å². The smallest absolute Gasteiger partial charge is 0.277 e. The maximum absolute atomic E-state index is 12.4. The highest BCUT2D eigenvalue weighted by atomic mass is 16.5. The van der Waals surface area contributed by atoms with E-state index in [-0.39, 0.29) is 24.4 Å². The summed E-state index contributed by atoms with van der Waals surface area (Å²) in [5.41, 5.74) is 0.314. The van der Waals surface area contributed by atoms with E-state index < -0.39 is 0 Å². The van der Waals surface area contributed by atoms with Gasteiger partial charge in [-0.25, -0.2) is 4.68 Å². The standard InChI is InChI=1S/C19H20N4O3/c1-22(13-14-26-15-7-3-2-4-8-15)18(24)11-12-23-19(25)16-9-5-6-10-17(16)20-21-23/h2-10H,11-14H2,1H3. The molecule has 0 aliphatic heterocycles. The molecule has 3 aromatic rings. The topological polar surface area (TPSA) is 77.3 Å². The number of aryl methyl sites for hydroxylation is 1. The molecule has 3 rings (SSSR count). The van der Waals surface area contributed by atoms with Crippen molar-refractivity contribution in [2.45, 2.75) is 13.0 Å². The molecule has 1 heterocycles. The molecular weight excluding hydrogens is 332 g/mol. The van der Waals surface area contributed by atoms with Crippen LogP contribution in [0.4, 0.5) is 0 Å². The summed E-state index contributed by atoms with van der Waals surface area (Å²) in [6.07, 6.45) is 0.175. The lowest BCUT2D eigenvalue weighted by molar-refractivity contribution is -0.130. The fourth-order valence-corrected chi connectivity index (χ4v) is 2.50. The molecule has 134 valence electrons. The van der Waals surface area contributed by atoms with Gasteiger partial charge in [-0.05, 0) is 24.3 Å². The van der Waals surface area contributed by atoms with Crippen molar-refractivity contribution < 1.29 is 9.53 Å². The Morgan fingerprint density at radius 1 is 1.12 bits per heavy atom. The minimum absolute atomic E-state index is 0.0801. The molecule has 0 N–H and O–H groups in total. The van der Waals surface area contributed by atoms with E-state index in [4.69, 9.17) is 4.74 Å². The zero-order valence-electron chi connectivity index (χ0n) is 14.5. The maximum atomic E-state index is 12.4. The molecule has 7 nitrogen and oxygen atoms in total. The van der Waals surface area contributed by atoms with Crippen molar-refractivity contribution in [1.29, 1.82) is 0 Å². The van der Waals surface area contributed by atoms with E-state index in [0.717, 1.165) is 5.75 Å². The fraction of sp³-hybridized carbons (Fsp3) is 0.263. The van der Waals surface area contributed by atoms with Crippen LogP contribution in [-0.4, -0.2) is 46.0 Å². The first kappa shape index (κ1) is 17.6. The van der Waals surface area contributed by atoms with Crippen LogP contribution in [-0.2, 0) is 11.3 Å². The summed E-state index contributed by atoms with van der Waals surface area (Å²) in [4.78, 5) is 26.2. The van der Waals surface area contributed by atoms with Crippen LogP contribution in [0.15, 0.2) is 59.4 Å². The summed E-state index contributed by atoms with van der Waals surface area (Å²) in [6.45, 7) is 1.06. The van der Waals surface area contributed by atoms with Crippen molar-refractivity contribution in [3.8, 4) is 5.75 Å². The van der Waals surface area contributed by atoms with Crippen LogP contribution in [0.5, 0.6) is 5.75 Å². The first-order valence-corrected chi connectivity index (χ1v) is 8.39. The molecular formula is C19H20N4O3. The van der Waals surface area contributed by atoms with Crippen molar-refractivity contribution in [3.63, 3.8) is 0 Å². The van der Waals surface area contributed by atoms with Crippen LogP contribution in [0.3, 0.4) is 0 Å². The van der Waals surface area contributed by atoms with Crippen LogP contribution >= 0.6 is 0 Å². The van der Waals surface area contributed by atoms with Gasteiger partial charge in [0.25, 0.3) is 5.56 Å². The van der Waals surface area contributed by atoms with Gasteiger partial charge in [0.05, 0.1) is 18.5 Å². The molecule has 7 heteroatoms. The number of benzene rings is 2. The lowest BCUT2D eigenvalue weighted by Gasteiger charge is -2.17. The molecule has 1 aromatic heterocycles. The Balaban J connectivity index is 1.52. The summed E-state index contributed by atoms with van der Waals surface area (Å²) >= 11 is 0. The van der Waals surface area contributed by atoms with Crippen molar-refractivity contribution in [2.75, 3.05) is 20.2 Å². The van der Waals surface area contributed by atoms with Crippen molar-refractivity contribution in [1.82, 2.24) is 19.9 Å². The van der Waals surface area contributed by atoms with Gasteiger partial charge in [0.15, 0.2) is 0 Å². The number of carbonyl (C=O) groups excluding carboxylic acids is 1. The number of carbonyl (C=O) groups is 1. The van der Waals surface area contributed by atoms with Crippen molar-refractivity contribution >= 4 is 16.8 Å². The number of hydrogen-bond acceptors (Lipinski definition) is 5. The fourth-order valence-electron chi connectivity index (χ4n) is 2.50. The van der Waals surface area contributed by atoms with Crippen molar-refractivity contribution in [3.05, 3.63) is 65.0 Å². The minimum atomic E-state index is -0.238. The molecule has 0 fully saturated rings. The number of aromatic nitrogens is 3. The quantitative estimate of drug-likeness (QED) is 0.647. The Morgan fingerprint density at radius 2 is 1.85 bits per heavy atom. The number of ether oxygens (including phenoxy) is 1. The number of hydrogen-bond donors (Lipinski definition) is 0. The van der Waals surface area contributed by atoms with E-state index in [2.05, 4.69) is 10.3 Å². The lowest BCUT2D eigenvalue weighted by Crippen LogP contribution is -2.33. The highest BCUT2D eigenvalue weighted by Gasteiger charge is 2.11. The van der Waals surface area contributed by atoms with E-state index in [9.17, 15) is 9.59 Å². The molecule has 0 radical (unpaired) electrons. The summed E-state index contributed by atoms with van der Waals surface area (Å²) < 4.78 is 6.82. The second kappa shape index (κ2) is 8.24. The Bertz CT molecular complexity index is 940. The summed E-state index contributed by atoms with van der Waals surface area (Å²) in [5, 5.41) is 8.41. The molecule has 0 saturated heterocycles. The molecule has 0 spiro atoms. The van der Waals surface area contributed by atoms with Crippen LogP contribution in [0.2, 0.25) is 0 Å². The summed E-state index contributed by atoms with van der Waals surface area (Å²) in [5.74, 6) is 0.690. The largest absolute Gasteiger partial charge is 0.492 e. The van der Waals surface area contributed by atoms with Gasteiger partial charge in [-0.15, -0.1) is 5.10 Å². The van der Waals surface area contributed by atoms with Gasteiger partial charge in [-0.1, -0.05) is 35.5 Å². The Morgan fingerprint density at radius 3 is 2.65 bits per heavy atom.